The summed E-state index contributed by atoms with van der Waals surface area (Å²) in [5.74, 6) is 3.25. The molecule has 0 saturated heterocycles. The highest BCUT2D eigenvalue weighted by molar-refractivity contribution is 5.11. The van der Waals surface area contributed by atoms with Crippen molar-refractivity contribution in [2.45, 2.75) is 127 Å². The molecule has 0 bridgehead atoms. The number of benzene rings is 1. The summed E-state index contributed by atoms with van der Waals surface area (Å²) in [5, 5.41) is 27.0. The zero-order chi connectivity index (χ0) is 44.8. The van der Waals surface area contributed by atoms with Crippen LogP contribution in [0.5, 0.6) is 0 Å². The fourth-order valence-corrected chi connectivity index (χ4v) is 4.14. The van der Waals surface area contributed by atoms with Crippen LogP contribution < -0.4 is 14.2 Å². The van der Waals surface area contributed by atoms with Crippen LogP contribution in [-0.4, -0.2) is 35.6 Å². The largest absolute Gasteiger partial charge is 0.285 e. The molecule has 0 amide bonds. The van der Waals surface area contributed by atoms with E-state index in [-0.39, 0.29) is 0 Å². The van der Waals surface area contributed by atoms with E-state index in [1.54, 1.807) is 55.8 Å². The molecule has 0 aliphatic rings. The van der Waals surface area contributed by atoms with E-state index in [2.05, 4.69) is 103 Å². The third-order valence-corrected chi connectivity index (χ3v) is 7.46. The Balaban J connectivity index is 0.000000673. The minimum atomic E-state index is 0.367. The van der Waals surface area contributed by atoms with Gasteiger partial charge in [0.2, 0.25) is 36.7 Å². The summed E-state index contributed by atoms with van der Waals surface area (Å²) >= 11 is 0. The van der Waals surface area contributed by atoms with Gasteiger partial charge in [0.05, 0.1) is 0 Å². The topological polar surface area (TPSA) is 124 Å². The molecule has 10 nitrogen and oxygen atoms in total. The minimum Gasteiger partial charge on any atom is -0.285 e. The Morgan fingerprint density at radius 3 is 1.25 bits per heavy atom. The van der Waals surface area contributed by atoms with Crippen molar-refractivity contribution in [3.8, 4) is 0 Å². The molecular weight excluding hydrogens is 735 g/mol. The first-order chi connectivity index (χ1) is 27.7. The zero-order valence-electron chi connectivity index (χ0n) is 38.2. The van der Waals surface area contributed by atoms with Crippen LogP contribution in [0.4, 0.5) is 0 Å². The summed E-state index contributed by atoms with van der Waals surface area (Å²) in [7, 11) is 0. The van der Waals surface area contributed by atoms with Crippen molar-refractivity contribution < 1.29 is 29.8 Å². The second-order valence-corrected chi connectivity index (χ2v) is 16.7. The number of nitrogens with zero attached hydrogens (tertiary/aromatic N) is 7. The highest BCUT2D eigenvalue weighted by Crippen LogP contribution is 2.12. The lowest BCUT2D eigenvalue weighted by molar-refractivity contribution is -0.910. The van der Waals surface area contributed by atoms with Crippen molar-refractivity contribution in [2.24, 2.45) is 5.41 Å². The molecule has 0 aliphatic heterocycles. The molecule has 0 radical (unpaired) electrons. The Hall–Kier alpha value is -5.77. The summed E-state index contributed by atoms with van der Waals surface area (Å²) in [6, 6.07) is 27.1. The van der Waals surface area contributed by atoms with Gasteiger partial charge in [-0.15, -0.1) is 0 Å². The average molecular weight is 809 g/mol. The maximum absolute atomic E-state index is 9.20. The predicted octanol–water partition coefficient (Wildman–Crippen LogP) is 10.9. The van der Waals surface area contributed by atoms with E-state index in [0.717, 1.165) is 31.3 Å². The lowest BCUT2D eigenvalue weighted by atomic mass is 10.0. The summed E-state index contributed by atoms with van der Waals surface area (Å²) in [4.78, 5) is 15.9. The van der Waals surface area contributed by atoms with E-state index < -0.39 is 0 Å². The summed E-state index contributed by atoms with van der Waals surface area (Å²) in [6.45, 7) is 29.7. The van der Waals surface area contributed by atoms with Crippen molar-refractivity contribution in [3.05, 3.63) is 175 Å². The lowest BCUT2D eigenvalue weighted by Crippen LogP contribution is -2.34. The highest BCUT2D eigenvalue weighted by atomic mass is 16.5. The number of hydrogen-bond acceptors (Lipinski definition) is 7. The molecule has 6 rings (SSSR count). The van der Waals surface area contributed by atoms with E-state index in [9.17, 15) is 5.21 Å². The van der Waals surface area contributed by atoms with Gasteiger partial charge in [0.25, 0.3) is 0 Å². The number of hydrogen-bond donors (Lipinski definition) is 3. The molecule has 0 fully saturated rings. The molecule has 0 atom stereocenters. The van der Waals surface area contributed by atoms with Gasteiger partial charge in [-0.05, 0) is 52.5 Å². The average Bonchev–Trinajstić information content (AvgIpc) is 3.20. The number of rotatable bonds is 5. The molecule has 6 aromatic rings. The van der Waals surface area contributed by atoms with E-state index in [1.807, 2.05) is 105 Å². The first-order valence-corrected chi connectivity index (χ1v) is 20.3. The molecule has 5 heterocycles. The Morgan fingerprint density at radius 1 is 0.458 bits per heavy atom. The normalized spacial score (nSPS) is 10.2. The van der Waals surface area contributed by atoms with Gasteiger partial charge in [-0.2, -0.15) is 0 Å². The van der Waals surface area contributed by atoms with Gasteiger partial charge >= 0.3 is 0 Å². The molecule has 320 valence electrons. The molecule has 3 N–H and O–H groups in total. The Labute approximate surface area is 355 Å². The van der Waals surface area contributed by atoms with Crippen LogP contribution in [0.1, 0.15) is 155 Å². The fourth-order valence-electron chi connectivity index (χ4n) is 4.14. The Morgan fingerprint density at radius 2 is 0.932 bits per heavy atom. The van der Waals surface area contributed by atoms with Gasteiger partial charge in [-0.25, -0.2) is 19.9 Å². The maximum atomic E-state index is 9.20. The minimum absolute atomic E-state index is 0.367. The number of pyridine rings is 3. The van der Waals surface area contributed by atoms with Crippen molar-refractivity contribution in [2.75, 3.05) is 0 Å². The van der Waals surface area contributed by atoms with Crippen LogP contribution in [0.3, 0.4) is 0 Å². The fraction of sp³-hybridized carbons (Fsp3) is 0.408. The SMILES string of the molecule is CC(C)(C)C.CC(C)c1cc[n+](O)cc1.CC(C)c1ccc[n+](O)c1.CC(C)c1cccc[n+]1O.CC(C)c1cncnc1.CC(C)c1ncccn1.c1ccccc1. The van der Waals surface area contributed by atoms with E-state index >= 15 is 0 Å². The predicted molar refractivity (Wildman–Crippen MR) is 238 cm³/mol. The summed E-state index contributed by atoms with van der Waals surface area (Å²) < 4.78 is 3.28. The van der Waals surface area contributed by atoms with Crippen LogP contribution in [0.25, 0.3) is 0 Å². The quantitative estimate of drug-likeness (QED) is 0.117. The second kappa shape index (κ2) is 30.3. The third-order valence-electron chi connectivity index (χ3n) is 7.46. The molecular formula is C49H74N7O3+3. The lowest BCUT2D eigenvalue weighted by Gasteiger charge is -2.05. The van der Waals surface area contributed by atoms with Gasteiger partial charge in [-0.3, -0.25) is 15.6 Å². The molecule has 1 aromatic carbocycles. The van der Waals surface area contributed by atoms with Gasteiger partial charge < -0.3 is 0 Å². The van der Waals surface area contributed by atoms with Gasteiger partial charge in [0.15, 0.2) is 0 Å². The smallest absolute Gasteiger partial charge is 0.236 e. The van der Waals surface area contributed by atoms with E-state index in [1.165, 1.54) is 11.1 Å². The standard InChI is InChI=1S/3C8H12NO.2C7H10N2.C6H6.C5H12/c1-7(2)8-3-5-9(10)6-4-8;1-7(2)8-4-3-5-9(10)6-8;1-7(2)8-5-3-4-6-9(8)10;1-6(2)7-3-8-5-9-4-7;1-6(2)7-8-4-3-5-9-7;1-2-4-6-5-3-1;1-5(2,3)4/h3*3-7,10H,1-2H3;2*3-6H,1-2H3;1-6H;1-4H3/q3*+1;;;;. The monoisotopic (exact) mass is 809 g/mol. The second-order valence-electron chi connectivity index (χ2n) is 16.7. The van der Waals surface area contributed by atoms with Gasteiger partial charge in [0.1, 0.15) is 12.2 Å². The zero-order valence-corrected chi connectivity index (χ0v) is 38.2. The molecule has 59 heavy (non-hydrogen) atoms. The van der Waals surface area contributed by atoms with Gasteiger partial charge in [0, 0.05) is 86.7 Å². The first kappa shape index (κ1) is 53.2. The molecule has 0 aliphatic carbocycles. The first-order valence-electron chi connectivity index (χ1n) is 20.3. The van der Waals surface area contributed by atoms with Crippen LogP contribution in [-0.2, 0) is 0 Å². The molecule has 0 saturated carbocycles. The summed E-state index contributed by atoms with van der Waals surface area (Å²) in [6.07, 6.45) is 17.0. The molecule has 5 aromatic heterocycles. The van der Waals surface area contributed by atoms with Crippen molar-refractivity contribution in [3.63, 3.8) is 0 Å². The summed E-state index contributed by atoms with van der Waals surface area (Å²) in [5.41, 5.74) is 5.01. The highest BCUT2D eigenvalue weighted by Gasteiger charge is 2.11. The molecule has 10 heteroatoms. The Bertz CT molecular complexity index is 1790. The maximum Gasteiger partial charge on any atom is 0.236 e. The van der Waals surface area contributed by atoms with Crippen LogP contribution in [0.15, 0.2) is 147 Å². The molecule has 0 spiro atoms. The number of aromatic nitrogens is 7. The van der Waals surface area contributed by atoms with Crippen LogP contribution >= 0.6 is 0 Å². The van der Waals surface area contributed by atoms with Crippen LogP contribution in [0, 0.1) is 5.41 Å². The van der Waals surface area contributed by atoms with Crippen molar-refractivity contribution in [1.29, 1.82) is 0 Å². The van der Waals surface area contributed by atoms with Gasteiger partial charge in [-0.1, -0.05) is 133 Å². The van der Waals surface area contributed by atoms with Crippen molar-refractivity contribution in [1.82, 2.24) is 19.9 Å². The molecule has 0 unspecified atom stereocenters. The van der Waals surface area contributed by atoms with Crippen molar-refractivity contribution >= 4 is 0 Å². The Kier molecular flexibility index (Phi) is 27.4. The van der Waals surface area contributed by atoms with E-state index in [4.69, 9.17) is 10.4 Å². The third kappa shape index (κ3) is 29.2. The van der Waals surface area contributed by atoms with E-state index in [0.29, 0.717) is 35.0 Å². The van der Waals surface area contributed by atoms with Crippen LogP contribution in [0.2, 0.25) is 0 Å².